The van der Waals surface area contributed by atoms with E-state index in [-0.39, 0.29) is 11.8 Å². The number of hydrogen-bond acceptors (Lipinski definition) is 2. The largest absolute Gasteiger partial charge is 0.352 e. The van der Waals surface area contributed by atoms with Crippen molar-refractivity contribution >= 4 is 5.91 Å². The van der Waals surface area contributed by atoms with E-state index < -0.39 is 0 Å². The van der Waals surface area contributed by atoms with Gasteiger partial charge in [-0.3, -0.25) is 4.79 Å². The Kier molecular flexibility index (Phi) is 5.09. The molecule has 2 N–H and O–H groups in total. The molecule has 23 heavy (non-hydrogen) atoms. The molecule has 2 aromatic carbocycles. The Morgan fingerprint density at radius 2 is 1.83 bits per heavy atom. The molecule has 3 heteroatoms. The second-order valence-corrected chi connectivity index (χ2v) is 6.31. The fourth-order valence-corrected chi connectivity index (χ4v) is 3.06. The number of piperidine rings is 1. The van der Waals surface area contributed by atoms with Gasteiger partial charge in [0, 0.05) is 12.5 Å². The maximum absolute atomic E-state index is 12.2. The molecule has 0 unspecified atom stereocenters. The molecule has 2 aromatic rings. The van der Waals surface area contributed by atoms with Crippen LogP contribution in [0, 0.1) is 12.8 Å². The van der Waals surface area contributed by atoms with Crippen LogP contribution in [0.4, 0.5) is 0 Å². The third-order valence-corrected chi connectivity index (χ3v) is 4.48. The monoisotopic (exact) mass is 308 g/mol. The van der Waals surface area contributed by atoms with E-state index in [2.05, 4.69) is 66.1 Å². The molecule has 3 rings (SSSR count). The summed E-state index contributed by atoms with van der Waals surface area (Å²) in [6.45, 7) is 4.61. The molecule has 0 aromatic heterocycles. The first-order valence-electron chi connectivity index (χ1n) is 8.37. The molecule has 1 heterocycles. The quantitative estimate of drug-likeness (QED) is 0.910. The average molecular weight is 308 g/mol. The van der Waals surface area contributed by atoms with E-state index >= 15 is 0 Å². The van der Waals surface area contributed by atoms with Crippen molar-refractivity contribution < 1.29 is 4.79 Å². The smallest absolute Gasteiger partial charge is 0.223 e. The first kappa shape index (κ1) is 15.8. The number of amides is 1. The first-order chi connectivity index (χ1) is 11.2. The van der Waals surface area contributed by atoms with Gasteiger partial charge in [0.15, 0.2) is 0 Å². The molecule has 1 saturated heterocycles. The van der Waals surface area contributed by atoms with Gasteiger partial charge in [-0.15, -0.1) is 0 Å². The molecule has 1 amide bonds. The summed E-state index contributed by atoms with van der Waals surface area (Å²) in [4.78, 5) is 12.2. The zero-order valence-electron chi connectivity index (χ0n) is 13.6. The van der Waals surface area contributed by atoms with Gasteiger partial charge in [0.2, 0.25) is 5.91 Å². The average Bonchev–Trinajstić information content (AvgIpc) is 2.61. The Morgan fingerprint density at radius 3 is 2.52 bits per heavy atom. The van der Waals surface area contributed by atoms with Crippen LogP contribution < -0.4 is 10.6 Å². The van der Waals surface area contributed by atoms with E-state index in [1.54, 1.807) is 0 Å². The zero-order valence-corrected chi connectivity index (χ0v) is 13.6. The van der Waals surface area contributed by atoms with Crippen LogP contribution in [-0.2, 0) is 11.3 Å². The summed E-state index contributed by atoms with van der Waals surface area (Å²) in [5.74, 6) is 0.358. The predicted molar refractivity (Wildman–Crippen MR) is 94.1 cm³/mol. The number of benzene rings is 2. The predicted octanol–water partition coefficient (Wildman–Crippen LogP) is 3.28. The minimum absolute atomic E-state index is 0.169. The number of hydrogen-bond donors (Lipinski definition) is 2. The van der Waals surface area contributed by atoms with Crippen molar-refractivity contribution in [1.29, 1.82) is 0 Å². The number of aryl methyl sites for hydroxylation is 1. The minimum Gasteiger partial charge on any atom is -0.352 e. The molecule has 1 fully saturated rings. The van der Waals surface area contributed by atoms with Crippen LogP contribution >= 0.6 is 0 Å². The van der Waals surface area contributed by atoms with E-state index in [4.69, 9.17) is 0 Å². The normalized spacial score (nSPS) is 15.3. The number of carbonyl (C=O) groups excluding carboxylic acids is 1. The van der Waals surface area contributed by atoms with E-state index in [0.717, 1.165) is 31.5 Å². The fourth-order valence-electron chi connectivity index (χ4n) is 3.06. The van der Waals surface area contributed by atoms with Crippen molar-refractivity contribution in [3.05, 3.63) is 59.7 Å². The van der Waals surface area contributed by atoms with Gasteiger partial charge in [-0.25, -0.2) is 0 Å². The molecule has 1 aliphatic rings. The van der Waals surface area contributed by atoms with Gasteiger partial charge in [-0.05, 0) is 49.5 Å². The van der Waals surface area contributed by atoms with Crippen molar-refractivity contribution in [3.8, 4) is 11.1 Å². The van der Waals surface area contributed by atoms with E-state index in [0.29, 0.717) is 6.54 Å². The van der Waals surface area contributed by atoms with Crippen LogP contribution in [0.5, 0.6) is 0 Å². The van der Waals surface area contributed by atoms with Crippen LogP contribution in [0.1, 0.15) is 24.0 Å². The fraction of sp³-hybridized carbons (Fsp3) is 0.350. The highest BCUT2D eigenvalue weighted by Crippen LogP contribution is 2.21. The lowest BCUT2D eigenvalue weighted by Gasteiger charge is -2.21. The van der Waals surface area contributed by atoms with Gasteiger partial charge < -0.3 is 10.6 Å². The van der Waals surface area contributed by atoms with Crippen molar-refractivity contribution in [1.82, 2.24) is 10.6 Å². The Labute approximate surface area is 138 Å². The summed E-state index contributed by atoms with van der Waals surface area (Å²) in [6.07, 6.45) is 1.89. The highest BCUT2D eigenvalue weighted by Gasteiger charge is 2.20. The highest BCUT2D eigenvalue weighted by molar-refractivity contribution is 5.78. The number of nitrogens with one attached hydrogen (secondary N) is 2. The SMILES string of the molecule is Cc1cccc(-c2ccc(CNC(=O)C3CCNCC3)cc2)c1. The van der Waals surface area contributed by atoms with Crippen LogP contribution in [0.25, 0.3) is 11.1 Å². The van der Waals surface area contributed by atoms with E-state index in [1.165, 1.54) is 16.7 Å². The third kappa shape index (κ3) is 4.20. The summed E-state index contributed by atoms with van der Waals surface area (Å²) >= 11 is 0. The molecule has 0 atom stereocenters. The van der Waals surface area contributed by atoms with Crippen molar-refractivity contribution in [2.45, 2.75) is 26.3 Å². The zero-order chi connectivity index (χ0) is 16.1. The second-order valence-electron chi connectivity index (χ2n) is 6.31. The summed E-state index contributed by atoms with van der Waals surface area (Å²) in [6, 6.07) is 16.9. The lowest BCUT2D eigenvalue weighted by Crippen LogP contribution is -2.37. The summed E-state index contributed by atoms with van der Waals surface area (Å²) < 4.78 is 0. The summed E-state index contributed by atoms with van der Waals surface area (Å²) in [7, 11) is 0. The molecule has 0 saturated carbocycles. The molecule has 0 bridgehead atoms. The first-order valence-corrected chi connectivity index (χ1v) is 8.37. The topological polar surface area (TPSA) is 41.1 Å². The van der Waals surface area contributed by atoms with Crippen LogP contribution in [0.15, 0.2) is 48.5 Å². The minimum atomic E-state index is 0.169. The molecule has 0 radical (unpaired) electrons. The Balaban J connectivity index is 1.58. The maximum Gasteiger partial charge on any atom is 0.223 e. The van der Waals surface area contributed by atoms with E-state index in [1.807, 2.05) is 0 Å². The van der Waals surface area contributed by atoms with Gasteiger partial charge in [-0.1, -0.05) is 54.1 Å². The molecule has 120 valence electrons. The second kappa shape index (κ2) is 7.42. The molecule has 1 aliphatic heterocycles. The Bertz CT molecular complexity index is 658. The van der Waals surface area contributed by atoms with Gasteiger partial charge in [0.1, 0.15) is 0 Å². The lowest BCUT2D eigenvalue weighted by atomic mass is 9.97. The summed E-state index contributed by atoms with van der Waals surface area (Å²) in [5.41, 5.74) is 4.85. The number of carbonyl (C=O) groups is 1. The Morgan fingerprint density at radius 1 is 1.09 bits per heavy atom. The maximum atomic E-state index is 12.2. The van der Waals surface area contributed by atoms with Crippen molar-refractivity contribution in [2.24, 2.45) is 5.92 Å². The highest BCUT2D eigenvalue weighted by atomic mass is 16.1. The molecular weight excluding hydrogens is 284 g/mol. The molecule has 3 nitrogen and oxygen atoms in total. The molecule has 0 aliphatic carbocycles. The van der Waals surface area contributed by atoms with E-state index in [9.17, 15) is 4.79 Å². The standard InChI is InChI=1S/C20H24N2O/c1-15-3-2-4-19(13-15)17-7-5-16(6-8-17)14-22-20(23)18-9-11-21-12-10-18/h2-8,13,18,21H,9-12,14H2,1H3,(H,22,23). The van der Waals surface area contributed by atoms with Crippen LogP contribution in [0.2, 0.25) is 0 Å². The van der Waals surface area contributed by atoms with Gasteiger partial charge >= 0.3 is 0 Å². The molecular formula is C20H24N2O. The Hall–Kier alpha value is -2.13. The van der Waals surface area contributed by atoms with Crippen LogP contribution in [-0.4, -0.2) is 19.0 Å². The van der Waals surface area contributed by atoms with Crippen LogP contribution in [0.3, 0.4) is 0 Å². The van der Waals surface area contributed by atoms with Crippen molar-refractivity contribution in [2.75, 3.05) is 13.1 Å². The molecule has 0 spiro atoms. The number of rotatable bonds is 4. The van der Waals surface area contributed by atoms with Gasteiger partial charge in [-0.2, -0.15) is 0 Å². The van der Waals surface area contributed by atoms with Crippen molar-refractivity contribution in [3.63, 3.8) is 0 Å². The van der Waals surface area contributed by atoms with Gasteiger partial charge in [0.25, 0.3) is 0 Å². The third-order valence-electron chi connectivity index (χ3n) is 4.48. The summed E-state index contributed by atoms with van der Waals surface area (Å²) in [5, 5.41) is 6.36. The lowest BCUT2D eigenvalue weighted by molar-refractivity contribution is -0.125. The van der Waals surface area contributed by atoms with Gasteiger partial charge in [0.05, 0.1) is 0 Å².